The van der Waals surface area contributed by atoms with E-state index in [4.69, 9.17) is 0 Å². The molecular formula is C16H21FN2O. The fraction of sp³-hybridized carbons (Fsp3) is 0.438. The molecule has 4 heteroatoms. The van der Waals surface area contributed by atoms with Gasteiger partial charge in [0.1, 0.15) is 5.82 Å². The molecule has 0 saturated carbocycles. The van der Waals surface area contributed by atoms with E-state index in [1.807, 2.05) is 12.1 Å². The molecule has 0 unspecified atom stereocenters. The average molecular weight is 276 g/mol. The van der Waals surface area contributed by atoms with Crippen molar-refractivity contribution >= 4 is 5.91 Å². The summed E-state index contributed by atoms with van der Waals surface area (Å²) in [4.78, 5) is 14.0. The van der Waals surface area contributed by atoms with Crippen molar-refractivity contribution in [3.05, 3.63) is 48.4 Å². The Bertz CT molecular complexity index is 450. The number of hydrogen-bond acceptors (Lipinski definition) is 2. The molecule has 1 aromatic rings. The van der Waals surface area contributed by atoms with Gasteiger partial charge < -0.3 is 10.2 Å². The van der Waals surface area contributed by atoms with Crippen molar-refractivity contribution < 1.29 is 9.18 Å². The molecule has 2 rings (SSSR count). The third-order valence-electron chi connectivity index (χ3n) is 3.83. The van der Waals surface area contributed by atoms with Crippen LogP contribution < -0.4 is 5.32 Å². The first kappa shape index (κ1) is 14.7. The summed E-state index contributed by atoms with van der Waals surface area (Å²) < 4.78 is 12.8. The van der Waals surface area contributed by atoms with E-state index in [1.54, 1.807) is 0 Å². The molecular weight excluding hydrogens is 255 g/mol. The molecule has 0 aromatic heterocycles. The number of halogens is 1. The smallest absolute Gasteiger partial charge is 0.227 e. The first-order valence-electron chi connectivity index (χ1n) is 7.07. The van der Waals surface area contributed by atoms with Gasteiger partial charge in [-0.15, -0.1) is 0 Å². The Morgan fingerprint density at radius 2 is 2.00 bits per heavy atom. The van der Waals surface area contributed by atoms with Crippen LogP contribution in [0.5, 0.6) is 0 Å². The van der Waals surface area contributed by atoms with Gasteiger partial charge in [-0.25, -0.2) is 4.39 Å². The fourth-order valence-electron chi connectivity index (χ4n) is 2.58. The van der Waals surface area contributed by atoms with Crippen molar-refractivity contribution in [3.8, 4) is 0 Å². The molecule has 108 valence electrons. The predicted molar refractivity (Wildman–Crippen MR) is 77.6 cm³/mol. The normalized spacial score (nSPS) is 16.9. The van der Waals surface area contributed by atoms with Gasteiger partial charge in [0.15, 0.2) is 0 Å². The zero-order chi connectivity index (χ0) is 14.4. The summed E-state index contributed by atoms with van der Waals surface area (Å²) in [6, 6.07) is 6.67. The highest BCUT2D eigenvalue weighted by molar-refractivity contribution is 5.79. The first-order chi connectivity index (χ1) is 9.69. The molecule has 1 heterocycles. The van der Waals surface area contributed by atoms with Crippen LogP contribution >= 0.6 is 0 Å². The standard InChI is InChI=1S/C16H21FN2O/c1-2-18-16(20)14-8-11-19(12-9-14)10-7-13-3-5-15(17)6-4-13/h2-6,14H,1,7-12H2,(H,18,20). The van der Waals surface area contributed by atoms with Crippen LogP contribution in [0.3, 0.4) is 0 Å². The molecule has 1 fully saturated rings. The lowest BCUT2D eigenvalue weighted by Gasteiger charge is -2.31. The molecule has 1 N–H and O–H groups in total. The third-order valence-corrected chi connectivity index (χ3v) is 3.83. The third kappa shape index (κ3) is 4.17. The monoisotopic (exact) mass is 276 g/mol. The molecule has 1 aliphatic heterocycles. The number of benzene rings is 1. The van der Waals surface area contributed by atoms with Crippen molar-refractivity contribution in [2.45, 2.75) is 19.3 Å². The maximum Gasteiger partial charge on any atom is 0.227 e. The van der Waals surface area contributed by atoms with Gasteiger partial charge in [0.05, 0.1) is 0 Å². The van der Waals surface area contributed by atoms with E-state index < -0.39 is 0 Å². The second-order valence-corrected chi connectivity index (χ2v) is 5.21. The number of amides is 1. The van der Waals surface area contributed by atoms with Crippen LogP contribution in [0.1, 0.15) is 18.4 Å². The molecule has 0 spiro atoms. The van der Waals surface area contributed by atoms with Crippen molar-refractivity contribution in [1.82, 2.24) is 10.2 Å². The van der Waals surface area contributed by atoms with E-state index in [0.29, 0.717) is 0 Å². The van der Waals surface area contributed by atoms with E-state index >= 15 is 0 Å². The molecule has 20 heavy (non-hydrogen) atoms. The highest BCUT2D eigenvalue weighted by Crippen LogP contribution is 2.17. The number of nitrogens with zero attached hydrogens (tertiary/aromatic N) is 1. The van der Waals surface area contributed by atoms with Crippen molar-refractivity contribution in [2.24, 2.45) is 5.92 Å². The van der Waals surface area contributed by atoms with Gasteiger partial charge in [-0.05, 0) is 56.2 Å². The van der Waals surface area contributed by atoms with Crippen LogP contribution in [0, 0.1) is 11.7 Å². The van der Waals surface area contributed by atoms with Gasteiger partial charge in [-0.2, -0.15) is 0 Å². The zero-order valence-electron chi connectivity index (χ0n) is 11.6. The number of rotatable bonds is 5. The largest absolute Gasteiger partial charge is 0.333 e. The minimum Gasteiger partial charge on any atom is -0.333 e. The Balaban J connectivity index is 1.73. The number of hydrogen-bond donors (Lipinski definition) is 1. The van der Waals surface area contributed by atoms with Crippen molar-refractivity contribution in [1.29, 1.82) is 0 Å². The van der Waals surface area contributed by atoms with E-state index in [-0.39, 0.29) is 17.6 Å². The molecule has 1 aromatic carbocycles. The van der Waals surface area contributed by atoms with E-state index in [0.717, 1.165) is 44.5 Å². The summed E-state index contributed by atoms with van der Waals surface area (Å²) in [5.74, 6) is -0.00366. The molecule has 0 atom stereocenters. The lowest BCUT2D eigenvalue weighted by atomic mass is 9.95. The van der Waals surface area contributed by atoms with Crippen molar-refractivity contribution in [3.63, 3.8) is 0 Å². The lowest BCUT2D eigenvalue weighted by molar-refractivity contribution is -0.125. The Kier molecular flexibility index (Phi) is 5.30. The Hall–Kier alpha value is -1.68. The van der Waals surface area contributed by atoms with E-state index in [9.17, 15) is 9.18 Å². The minimum atomic E-state index is -0.192. The number of nitrogens with one attached hydrogen (secondary N) is 1. The van der Waals surface area contributed by atoms with Crippen LogP contribution in [-0.2, 0) is 11.2 Å². The maximum atomic E-state index is 12.8. The second kappa shape index (κ2) is 7.20. The Labute approximate surface area is 119 Å². The molecule has 1 saturated heterocycles. The van der Waals surface area contributed by atoms with Gasteiger partial charge >= 0.3 is 0 Å². The summed E-state index contributed by atoms with van der Waals surface area (Å²) in [5.41, 5.74) is 1.15. The average Bonchev–Trinajstić information content (AvgIpc) is 2.47. The van der Waals surface area contributed by atoms with Gasteiger partial charge in [0.25, 0.3) is 0 Å². The van der Waals surface area contributed by atoms with Crippen LogP contribution in [0.2, 0.25) is 0 Å². The van der Waals surface area contributed by atoms with Gasteiger partial charge in [0, 0.05) is 12.5 Å². The molecule has 3 nitrogen and oxygen atoms in total. The molecule has 0 bridgehead atoms. The molecule has 1 amide bonds. The summed E-state index contributed by atoms with van der Waals surface area (Å²) in [5, 5.41) is 2.66. The number of carbonyl (C=O) groups is 1. The highest BCUT2D eigenvalue weighted by atomic mass is 19.1. The summed E-state index contributed by atoms with van der Waals surface area (Å²) in [6.45, 7) is 6.35. The molecule has 1 aliphatic rings. The van der Waals surface area contributed by atoms with Crippen LogP contribution in [0.15, 0.2) is 37.0 Å². The molecule has 0 radical (unpaired) electrons. The van der Waals surface area contributed by atoms with Gasteiger partial charge in [-0.3, -0.25) is 4.79 Å². The number of likely N-dealkylation sites (tertiary alicyclic amines) is 1. The number of carbonyl (C=O) groups excluding carboxylic acids is 1. The lowest BCUT2D eigenvalue weighted by Crippen LogP contribution is -2.40. The minimum absolute atomic E-state index is 0.0817. The quantitative estimate of drug-likeness (QED) is 0.895. The van der Waals surface area contributed by atoms with Gasteiger partial charge in [-0.1, -0.05) is 18.7 Å². The van der Waals surface area contributed by atoms with E-state index in [2.05, 4.69) is 16.8 Å². The summed E-state index contributed by atoms with van der Waals surface area (Å²) in [6.07, 6.45) is 4.15. The van der Waals surface area contributed by atoms with Gasteiger partial charge in [0.2, 0.25) is 5.91 Å². The first-order valence-corrected chi connectivity index (χ1v) is 7.07. The predicted octanol–water partition coefficient (Wildman–Crippen LogP) is 2.34. The number of piperidine rings is 1. The second-order valence-electron chi connectivity index (χ2n) is 5.21. The van der Waals surface area contributed by atoms with Crippen LogP contribution in [0.4, 0.5) is 4.39 Å². The topological polar surface area (TPSA) is 32.3 Å². The highest BCUT2D eigenvalue weighted by Gasteiger charge is 2.23. The maximum absolute atomic E-state index is 12.8. The Morgan fingerprint density at radius 3 is 2.60 bits per heavy atom. The van der Waals surface area contributed by atoms with Crippen molar-refractivity contribution in [2.75, 3.05) is 19.6 Å². The summed E-state index contributed by atoms with van der Waals surface area (Å²) in [7, 11) is 0. The zero-order valence-corrected chi connectivity index (χ0v) is 11.6. The fourth-order valence-corrected chi connectivity index (χ4v) is 2.58. The molecule has 0 aliphatic carbocycles. The summed E-state index contributed by atoms with van der Waals surface area (Å²) >= 11 is 0. The Morgan fingerprint density at radius 1 is 1.35 bits per heavy atom. The van der Waals surface area contributed by atoms with Crippen LogP contribution in [-0.4, -0.2) is 30.4 Å². The van der Waals surface area contributed by atoms with E-state index in [1.165, 1.54) is 18.3 Å². The van der Waals surface area contributed by atoms with Crippen LogP contribution in [0.25, 0.3) is 0 Å². The SMILES string of the molecule is C=CNC(=O)C1CCN(CCc2ccc(F)cc2)CC1.